The third kappa shape index (κ3) is 4.56. The van der Waals surface area contributed by atoms with Crippen molar-refractivity contribution in [1.82, 2.24) is 0 Å². The smallest absolute Gasteiger partial charge is 0.140 e. The van der Waals surface area contributed by atoms with Crippen LogP contribution in [-0.4, -0.2) is 5.78 Å². The quantitative estimate of drug-likeness (QED) is 0.554. The van der Waals surface area contributed by atoms with Crippen molar-refractivity contribution in [2.75, 3.05) is 0 Å². The van der Waals surface area contributed by atoms with Crippen LogP contribution in [0.15, 0.2) is 47.1 Å². The van der Waals surface area contributed by atoms with E-state index in [0.29, 0.717) is 18.1 Å². The first-order valence-corrected chi connectivity index (χ1v) is 8.64. The number of carbonyl (C=O) groups is 1. The van der Waals surface area contributed by atoms with Crippen LogP contribution in [0, 0.1) is 11.8 Å². The average molecular weight is 298 g/mol. The highest BCUT2D eigenvalue weighted by Gasteiger charge is 2.38. The molecule has 0 radical (unpaired) electrons. The molecule has 2 atom stereocenters. The maximum Gasteiger partial charge on any atom is 0.140 e. The number of fused-ring (bicyclic) bond motifs is 1. The molecule has 1 fully saturated rings. The van der Waals surface area contributed by atoms with Gasteiger partial charge in [0.15, 0.2) is 0 Å². The molecular weight excluding hydrogens is 268 g/mol. The van der Waals surface area contributed by atoms with Gasteiger partial charge >= 0.3 is 0 Å². The van der Waals surface area contributed by atoms with Crippen molar-refractivity contribution < 1.29 is 4.79 Å². The summed E-state index contributed by atoms with van der Waals surface area (Å²) in [6, 6.07) is 0. The lowest BCUT2D eigenvalue weighted by Gasteiger charge is -2.25. The van der Waals surface area contributed by atoms with Crippen molar-refractivity contribution in [3.05, 3.63) is 47.1 Å². The molecule has 2 unspecified atom stereocenters. The fourth-order valence-electron chi connectivity index (χ4n) is 3.64. The van der Waals surface area contributed by atoms with E-state index in [1.165, 1.54) is 28.7 Å². The van der Waals surface area contributed by atoms with Crippen molar-refractivity contribution >= 4 is 5.78 Å². The lowest BCUT2D eigenvalue weighted by molar-refractivity contribution is -0.121. The van der Waals surface area contributed by atoms with Crippen molar-refractivity contribution in [2.24, 2.45) is 11.8 Å². The molecule has 2 rings (SSSR count). The Morgan fingerprint density at radius 2 is 2.00 bits per heavy atom. The summed E-state index contributed by atoms with van der Waals surface area (Å²) in [6.07, 6.45) is 14.3. The Kier molecular flexibility index (Phi) is 5.99. The summed E-state index contributed by atoms with van der Waals surface area (Å²) in [4.78, 5) is 11.9. The Balaban J connectivity index is 1.78. The molecule has 1 heteroatoms. The number of Topliss-reactive ketones (excluding diaryl/α,β-unsaturated/α-hetero) is 1. The Labute approximate surface area is 135 Å². The highest BCUT2D eigenvalue weighted by Crippen LogP contribution is 2.43. The molecule has 2 aliphatic rings. The van der Waals surface area contributed by atoms with Gasteiger partial charge in [0.25, 0.3) is 0 Å². The summed E-state index contributed by atoms with van der Waals surface area (Å²) in [5.41, 5.74) is 5.60. The maximum absolute atomic E-state index is 11.9. The fourth-order valence-corrected chi connectivity index (χ4v) is 3.64. The van der Waals surface area contributed by atoms with Crippen LogP contribution in [0.5, 0.6) is 0 Å². The van der Waals surface area contributed by atoms with Gasteiger partial charge in [-0.3, -0.25) is 4.79 Å². The summed E-state index contributed by atoms with van der Waals surface area (Å²) < 4.78 is 0. The molecule has 0 bridgehead atoms. The van der Waals surface area contributed by atoms with E-state index in [9.17, 15) is 4.79 Å². The first-order valence-electron chi connectivity index (χ1n) is 8.64. The number of rotatable bonds is 6. The highest BCUT2D eigenvalue weighted by atomic mass is 16.1. The van der Waals surface area contributed by atoms with Crippen LogP contribution in [0.3, 0.4) is 0 Å². The summed E-state index contributed by atoms with van der Waals surface area (Å²) >= 11 is 0. The minimum absolute atomic E-state index is 0.248. The summed E-state index contributed by atoms with van der Waals surface area (Å²) in [5.74, 6) is 1.10. The molecule has 0 amide bonds. The van der Waals surface area contributed by atoms with E-state index in [1.54, 1.807) is 0 Å². The van der Waals surface area contributed by atoms with Crippen molar-refractivity contribution in [3.63, 3.8) is 0 Å². The van der Waals surface area contributed by atoms with Crippen LogP contribution < -0.4 is 0 Å². The third-order valence-electron chi connectivity index (χ3n) is 5.02. The van der Waals surface area contributed by atoms with Crippen LogP contribution in [0.2, 0.25) is 0 Å². The first kappa shape index (κ1) is 17.0. The lowest BCUT2D eigenvalue weighted by atomic mass is 9.79. The fraction of sp³-hybridized carbons (Fsp3) is 0.571. The van der Waals surface area contributed by atoms with E-state index in [-0.39, 0.29) is 5.92 Å². The second-order valence-electron chi connectivity index (χ2n) is 7.23. The van der Waals surface area contributed by atoms with E-state index in [1.807, 2.05) is 0 Å². The molecule has 0 aromatic rings. The molecular formula is C21H30O. The molecule has 0 N–H and O–H groups in total. The zero-order valence-corrected chi connectivity index (χ0v) is 14.5. The predicted octanol–water partition coefficient (Wildman–Crippen LogP) is 5.94. The molecule has 0 aromatic heterocycles. The normalized spacial score (nSPS) is 25.0. The molecule has 120 valence electrons. The van der Waals surface area contributed by atoms with Gasteiger partial charge in [-0.1, -0.05) is 47.1 Å². The largest absolute Gasteiger partial charge is 0.299 e. The van der Waals surface area contributed by atoms with Gasteiger partial charge < -0.3 is 0 Å². The van der Waals surface area contributed by atoms with E-state index in [0.717, 1.165) is 32.1 Å². The van der Waals surface area contributed by atoms with Gasteiger partial charge in [0.1, 0.15) is 5.78 Å². The molecule has 1 nitrogen and oxygen atoms in total. The number of hydrogen-bond acceptors (Lipinski definition) is 1. The van der Waals surface area contributed by atoms with Gasteiger partial charge in [-0.05, 0) is 65.2 Å². The van der Waals surface area contributed by atoms with Gasteiger partial charge in [-0.2, -0.15) is 0 Å². The zero-order chi connectivity index (χ0) is 16.1. The van der Waals surface area contributed by atoms with Crippen LogP contribution in [-0.2, 0) is 4.79 Å². The van der Waals surface area contributed by atoms with Crippen LogP contribution >= 0.6 is 0 Å². The Bertz CT molecular complexity index is 526. The summed E-state index contributed by atoms with van der Waals surface area (Å²) in [5, 5.41) is 0. The Hall–Kier alpha value is -1.37. The molecule has 0 spiro atoms. The molecule has 1 saturated carbocycles. The standard InChI is InChI=1S/C21H30O/c1-15(2)7-5-8-16(3)9-6-10-18-11-12-19-20(14-18)17(4)13-21(19)22/h7,9,11,19-20H,4-6,8,10,12-14H2,1-3H3/b16-9+. The average Bonchev–Trinajstić information content (AvgIpc) is 2.73. The molecule has 2 aliphatic carbocycles. The summed E-state index contributed by atoms with van der Waals surface area (Å²) in [6.45, 7) is 10.7. The monoisotopic (exact) mass is 298 g/mol. The highest BCUT2D eigenvalue weighted by molar-refractivity contribution is 5.87. The Morgan fingerprint density at radius 3 is 2.73 bits per heavy atom. The summed E-state index contributed by atoms with van der Waals surface area (Å²) in [7, 11) is 0. The van der Waals surface area contributed by atoms with Crippen molar-refractivity contribution in [3.8, 4) is 0 Å². The van der Waals surface area contributed by atoms with Crippen LogP contribution in [0.4, 0.5) is 0 Å². The SMILES string of the molecule is C=C1CC(=O)C2CC=C(CC/C=C(\C)CCC=C(C)C)CC12. The van der Waals surface area contributed by atoms with Crippen molar-refractivity contribution in [2.45, 2.75) is 65.7 Å². The zero-order valence-electron chi connectivity index (χ0n) is 14.5. The number of ketones is 1. The van der Waals surface area contributed by atoms with E-state index >= 15 is 0 Å². The second kappa shape index (κ2) is 7.76. The predicted molar refractivity (Wildman–Crippen MR) is 94.7 cm³/mol. The number of allylic oxidation sites excluding steroid dienone is 7. The first-order chi connectivity index (χ1) is 10.5. The molecule has 22 heavy (non-hydrogen) atoms. The molecule has 0 heterocycles. The second-order valence-corrected chi connectivity index (χ2v) is 7.23. The van der Waals surface area contributed by atoms with Gasteiger partial charge in [0, 0.05) is 12.3 Å². The number of carbonyl (C=O) groups excluding carboxylic acids is 1. The molecule has 0 saturated heterocycles. The molecule has 0 aliphatic heterocycles. The molecule has 0 aromatic carbocycles. The van der Waals surface area contributed by atoms with Gasteiger partial charge in [-0.15, -0.1) is 0 Å². The topological polar surface area (TPSA) is 17.1 Å². The van der Waals surface area contributed by atoms with Gasteiger partial charge in [0.05, 0.1) is 0 Å². The number of hydrogen-bond donors (Lipinski definition) is 0. The van der Waals surface area contributed by atoms with E-state index in [4.69, 9.17) is 0 Å². The minimum atomic E-state index is 0.248. The van der Waals surface area contributed by atoms with Crippen molar-refractivity contribution in [1.29, 1.82) is 0 Å². The van der Waals surface area contributed by atoms with E-state index in [2.05, 4.69) is 45.6 Å². The Morgan fingerprint density at radius 1 is 1.23 bits per heavy atom. The maximum atomic E-state index is 11.9. The third-order valence-corrected chi connectivity index (χ3v) is 5.02. The minimum Gasteiger partial charge on any atom is -0.299 e. The van der Waals surface area contributed by atoms with E-state index < -0.39 is 0 Å². The lowest BCUT2D eigenvalue weighted by Crippen LogP contribution is -2.18. The van der Waals surface area contributed by atoms with Gasteiger partial charge in [0.2, 0.25) is 0 Å². The van der Waals surface area contributed by atoms with Crippen LogP contribution in [0.25, 0.3) is 0 Å². The van der Waals surface area contributed by atoms with Gasteiger partial charge in [-0.25, -0.2) is 0 Å². The van der Waals surface area contributed by atoms with Crippen LogP contribution in [0.1, 0.15) is 65.7 Å².